The molecule has 0 fully saturated rings. The van der Waals surface area contributed by atoms with Gasteiger partial charge in [0.05, 0.1) is 43.7 Å². The van der Waals surface area contributed by atoms with Crippen molar-refractivity contribution in [3.63, 3.8) is 0 Å². The molecule has 160 valence electrons. The highest BCUT2D eigenvalue weighted by molar-refractivity contribution is 7.53. The van der Waals surface area contributed by atoms with Crippen molar-refractivity contribution >= 4 is 19.5 Å². The Labute approximate surface area is 167 Å². The zero-order valence-corrected chi connectivity index (χ0v) is 18.8. The normalized spacial score (nSPS) is 15.9. The Bertz CT molecular complexity index is 646. The van der Waals surface area contributed by atoms with E-state index in [1.165, 1.54) is 0 Å². The fourth-order valence-corrected chi connectivity index (χ4v) is 5.09. The molecule has 9 heteroatoms. The van der Waals surface area contributed by atoms with Gasteiger partial charge >= 0.3 is 19.5 Å². The minimum absolute atomic E-state index is 0.153. The second kappa shape index (κ2) is 10.8. The van der Waals surface area contributed by atoms with E-state index in [2.05, 4.69) is 0 Å². The van der Waals surface area contributed by atoms with Gasteiger partial charge in [0.15, 0.2) is 0 Å². The van der Waals surface area contributed by atoms with Crippen LogP contribution in [0.15, 0.2) is 22.5 Å². The molecule has 0 aromatic carbocycles. The van der Waals surface area contributed by atoms with E-state index in [1.807, 2.05) is 0 Å². The summed E-state index contributed by atoms with van der Waals surface area (Å²) in [4.78, 5) is 27.2. The first kappa shape index (κ1) is 24.4. The zero-order chi connectivity index (χ0) is 21.5. The quantitative estimate of drug-likeness (QED) is 0.394. The predicted molar refractivity (Wildman–Crippen MR) is 106 cm³/mol. The van der Waals surface area contributed by atoms with Gasteiger partial charge in [-0.3, -0.25) is 4.57 Å². The molecule has 0 atom stereocenters. The van der Waals surface area contributed by atoms with Gasteiger partial charge in [-0.2, -0.15) is 0 Å². The molecule has 0 saturated carbocycles. The molecule has 1 rings (SSSR count). The van der Waals surface area contributed by atoms with E-state index in [-0.39, 0.29) is 43.7 Å². The first-order valence-electron chi connectivity index (χ1n) is 9.54. The Morgan fingerprint density at radius 1 is 0.857 bits per heavy atom. The Hall–Kier alpha value is -1.63. The molecule has 1 aliphatic heterocycles. The molecule has 8 nitrogen and oxygen atoms in total. The first-order valence-corrected chi connectivity index (χ1v) is 11.3. The van der Waals surface area contributed by atoms with Crippen LogP contribution in [0.3, 0.4) is 0 Å². The highest BCUT2D eigenvalue weighted by Crippen LogP contribution is 2.53. The summed E-state index contributed by atoms with van der Waals surface area (Å²) in [5.41, 5.74) is 1.76. The molecular weight excluding hydrogens is 385 g/mol. The van der Waals surface area contributed by atoms with E-state index in [9.17, 15) is 14.2 Å². The monoisotopic (exact) mass is 417 g/mol. The van der Waals surface area contributed by atoms with Gasteiger partial charge in [0.1, 0.15) is 0 Å². The van der Waals surface area contributed by atoms with Crippen LogP contribution in [0, 0.1) is 5.92 Å². The maximum absolute atomic E-state index is 13.2. The summed E-state index contributed by atoms with van der Waals surface area (Å²) in [6, 6.07) is 0. The highest BCUT2D eigenvalue weighted by Gasteiger charge is 2.43. The molecule has 0 amide bonds. The number of rotatable bonds is 10. The Kier molecular flexibility index (Phi) is 9.40. The van der Waals surface area contributed by atoms with Crippen molar-refractivity contribution in [3.05, 3.63) is 22.5 Å². The van der Waals surface area contributed by atoms with E-state index in [1.54, 1.807) is 53.5 Å². The number of carbonyl (C=O) groups excluding carboxylic acids is 2. The summed E-state index contributed by atoms with van der Waals surface area (Å²) in [6.45, 7) is 11.1. The topological polar surface area (TPSA) is 91.4 Å². The molecule has 0 bridgehead atoms. The molecule has 0 aromatic heterocycles. The number of esters is 2. The molecule has 0 aliphatic carbocycles. The first-order chi connectivity index (χ1) is 13.2. The third kappa shape index (κ3) is 5.46. The van der Waals surface area contributed by atoms with Gasteiger partial charge in [-0.25, -0.2) is 9.59 Å². The average molecular weight is 417 g/mol. The summed E-state index contributed by atoms with van der Waals surface area (Å²) in [6.07, 6.45) is -0.153. The fourth-order valence-electron chi connectivity index (χ4n) is 3.20. The second-order valence-corrected chi connectivity index (χ2v) is 8.28. The summed E-state index contributed by atoms with van der Waals surface area (Å²) >= 11 is 0. The highest BCUT2D eigenvalue weighted by atomic mass is 31.2. The molecule has 0 unspecified atom stereocenters. The van der Waals surface area contributed by atoms with Crippen molar-refractivity contribution in [2.75, 3.05) is 39.6 Å². The van der Waals surface area contributed by atoms with Crippen LogP contribution in [0.4, 0.5) is 0 Å². The SMILES string of the molecule is CCOC(=O)C1=C(C)N(C)C(C)=C(C(=O)OCC)C1CP(=O)(OCC)OCC. The van der Waals surface area contributed by atoms with E-state index in [0.29, 0.717) is 11.4 Å². The smallest absolute Gasteiger partial charge is 0.336 e. The van der Waals surface area contributed by atoms with Crippen LogP contribution in [0.5, 0.6) is 0 Å². The van der Waals surface area contributed by atoms with Crippen LogP contribution in [0.25, 0.3) is 0 Å². The molecular formula is C19H32NO7P. The molecule has 0 aromatic rings. The van der Waals surface area contributed by atoms with E-state index >= 15 is 0 Å². The third-order valence-electron chi connectivity index (χ3n) is 4.53. The summed E-state index contributed by atoms with van der Waals surface area (Å²) in [5, 5.41) is 0. The summed E-state index contributed by atoms with van der Waals surface area (Å²) in [5.74, 6) is -1.95. The van der Waals surface area contributed by atoms with Crippen LogP contribution < -0.4 is 0 Å². The number of hydrogen-bond acceptors (Lipinski definition) is 8. The van der Waals surface area contributed by atoms with Crippen LogP contribution >= 0.6 is 7.60 Å². The van der Waals surface area contributed by atoms with Crippen LogP contribution in [0.2, 0.25) is 0 Å². The lowest BCUT2D eigenvalue weighted by Gasteiger charge is -2.36. The Morgan fingerprint density at radius 3 is 1.57 bits per heavy atom. The second-order valence-electron chi connectivity index (χ2n) is 6.18. The van der Waals surface area contributed by atoms with Gasteiger partial charge < -0.3 is 23.4 Å². The van der Waals surface area contributed by atoms with E-state index in [4.69, 9.17) is 18.5 Å². The summed E-state index contributed by atoms with van der Waals surface area (Å²) in [7, 11) is -1.80. The Balaban J connectivity index is 3.57. The van der Waals surface area contributed by atoms with Gasteiger partial charge in [0, 0.05) is 24.4 Å². The molecule has 0 radical (unpaired) electrons. The molecule has 0 N–H and O–H groups in total. The lowest BCUT2D eigenvalue weighted by atomic mass is 9.86. The summed E-state index contributed by atoms with van der Waals surface area (Å²) < 4.78 is 34.5. The molecule has 1 aliphatic rings. The minimum Gasteiger partial charge on any atom is -0.463 e. The minimum atomic E-state index is -3.55. The van der Waals surface area contributed by atoms with Gasteiger partial charge in [0.2, 0.25) is 0 Å². The molecule has 28 heavy (non-hydrogen) atoms. The molecule has 0 spiro atoms. The van der Waals surface area contributed by atoms with Crippen LogP contribution in [-0.4, -0.2) is 56.5 Å². The fraction of sp³-hybridized carbons (Fsp3) is 0.684. The van der Waals surface area contributed by atoms with Crippen LogP contribution in [0.1, 0.15) is 41.5 Å². The number of ether oxygens (including phenoxy) is 2. The van der Waals surface area contributed by atoms with Crippen molar-refractivity contribution in [1.29, 1.82) is 0 Å². The molecule has 1 heterocycles. The lowest BCUT2D eigenvalue weighted by molar-refractivity contribution is -0.140. The van der Waals surface area contributed by atoms with Crippen molar-refractivity contribution in [2.45, 2.75) is 41.5 Å². The number of allylic oxidation sites excluding steroid dienone is 2. The molecule has 0 saturated heterocycles. The average Bonchev–Trinajstić information content (AvgIpc) is 2.60. The third-order valence-corrected chi connectivity index (χ3v) is 6.65. The Morgan fingerprint density at radius 2 is 1.25 bits per heavy atom. The number of hydrogen-bond donors (Lipinski definition) is 0. The zero-order valence-electron chi connectivity index (χ0n) is 17.9. The van der Waals surface area contributed by atoms with Crippen molar-refractivity contribution in [2.24, 2.45) is 5.92 Å². The van der Waals surface area contributed by atoms with Gasteiger partial charge in [-0.1, -0.05) is 0 Å². The predicted octanol–water partition coefficient (Wildman–Crippen LogP) is 3.49. The van der Waals surface area contributed by atoms with Crippen LogP contribution in [-0.2, 0) is 32.7 Å². The van der Waals surface area contributed by atoms with Gasteiger partial charge in [0.25, 0.3) is 0 Å². The van der Waals surface area contributed by atoms with Crippen molar-refractivity contribution in [1.82, 2.24) is 4.90 Å². The standard InChI is InChI=1S/C19H32NO7P/c1-8-24-18(21)16-13(5)20(7)14(6)17(19(22)25-9-2)15(16)12-28(23,26-10-3)27-11-4/h15H,8-12H2,1-7H3. The number of carbonyl (C=O) groups is 2. The van der Waals surface area contributed by atoms with E-state index in [0.717, 1.165) is 0 Å². The van der Waals surface area contributed by atoms with E-state index < -0.39 is 25.5 Å². The lowest BCUT2D eigenvalue weighted by Crippen LogP contribution is -2.36. The largest absolute Gasteiger partial charge is 0.463 e. The van der Waals surface area contributed by atoms with Gasteiger partial charge in [-0.15, -0.1) is 0 Å². The van der Waals surface area contributed by atoms with Gasteiger partial charge in [-0.05, 0) is 41.5 Å². The number of nitrogens with zero attached hydrogens (tertiary/aromatic N) is 1. The van der Waals surface area contributed by atoms with Crippen molar-refractivity contribution < 1.29 is 32.7 Å². The maximum atomic E-state index is 13.2. The maximum Gasteiger partial charge on any atom is 0.336 e. The van der Waals surface area contributed by atoms with Crippen molar-refractivity contribution in [3.8, 4) is 0 Å².